The van der Waals surface area contributed by atoms with Crippen LogP contribution in [0.5, 0.6) is 0 Å². The van der Waals surface area contributed by atoms with E-state index in [0.29, 0.717) is 5.82 Å². The number of para-hydroxylation sites is 2. The first-order valence-electron chi connectivity index (χ1n) is 16.7. The van der Waals surface area contributed by atoms with Gasteiger partial charge >= 0.3 is 0 Å². The molecule has 5 heteroatoms. The Morgan fingerprint density at radius 3 is 1.70 bits per heavy atom. The highest BCUT2D eigenvalue weighted by Crippen LogP contribution is 2.47. The monoisotopic (exact) mass is 656 g/mol. The van der Waals surface area contributed by atoms with E-state index in [9.17, 15) is 0 Å². The van der Waals surface area contributed by atoms with Gasteiger partial charge in [-0.15, -0.1) is 11.3 Å². The van der Waals surface area contributed by atoms with Crippen LogP contribution in [0, 0.1) is 0 Å². The van der Waals surface area contributed by atoms with E-state index in [2.05, 4.69) is 138 Å². The van der Waals surface area contributed by atoms with Crippen LogP contribution in [0.3, 0.4) is 0 Å². The fourth-order valence-electron chi connectivity index (χ4n) is 7.09. The highest BCUT2D eigenvalue weighted by atomic mass is 32.1. The molecule has 234 valence electrons. The Balaban J connectivity index is 1.18. The molecule has 4 nitrogen and oxygen atoms in total. The maximum absolute atomic E-state index is 5.22. The van der Waals surface area contributed by atoms with Gasteiger partial charge in [0.25, 0.3) is 0 Å². The third-order valence-corrected chi connectivity index (χ3v) is 10.6. The third kappa shape index (κ3) is 4.63. The largest absolute Gasteiger partial charge is 0.301 e. The van der Waals surface area contributed by atoms with E-state index in [1.165, 1.54) is 36.6 Å². The van der Waals surface area contributed by atoms with Gasteiger partial charge in [-0.1, -0.05) is 140 Å². The minimum atomic E-state index is 0.712. The van der Waals surface area contributed by atoms with Crippen molar-refractivity contribution < 1.29 is 0 Å². The summed E-state index contributed by atoms with van der Waals surface area (Å²) >= 11 is 1.82. The average molecular weight is 657 g/mol. The fourth-order valence-corrected chi connectivity index (χ4v) is 8.47. The van der Waals surface area contributed by atoms with E-state index >= 15 is 0 Å². The Morgan fingerprint density at radius 2 is 1.00 bits per heavy atom. The molecule has 0 aliphatic rings. The molecule has 4 aromatic heterocycles. The summed E-state index contributed by atoms with van der Waals surface area (Å²) in [5.41, 5.74) is 10.3. The van der Waals surface area contributed by atoms with Gasteiger partial charge < -0.3 is 4.57 Å². The zero-order valence-electron chi connectivity index (χ0n) is 26.9. The minimum Gasteiger partial charge on any atom is -0.301 e. The first-order chi connectivity index (χ1) is 24.8. The normalized spacial score (nSPS) is 11.6. The summed E-state index contributed by atoms with van der Waals surface area (Å²) in [6.45, 7) is 0. The lowest BCUT2D eigenvalue weighted by Gasteiger charge is -2.11. The second-order valence-corrected chi connectivity index (χ2v) is 13.4. The molecule has 0 spiro atoms. The van der Waals surface area contributed by atoms with Crippen LogP contribution < -0.4 is 0 Å². The number of nitrogens with zero attached hydrogens (tertiary/aromatic N) is 4. The molecule has 0 amide bonds. The van der Waals surface area contributed by atoms with Gasteiger partial charge in [-0.2, -0.15) is 0 Å². The van der Waals surface area contributed by atoms with E-state index in [4.69, 9.17) is 15.0 Å². The number of rotatable bonds is 5. The molecular formula is C45H28N4S. The molecule has 0 unspecified atom stereocenters. The number of thiophene rings is 1. The average Bonchev–Trinajstić information content (AvgIpc) is 3.74. The summed E-state index contributed by atoms with van der Waals surface area (Å²) in [4.78, 5) is 16.5. The van der Waals surface area contributed by atoms with Gasteiger partial charge in [-0.25, -0.2) is 15.0 Å². The second kappa shape index (κ2) is 11.6. The van der Waals surface area contributed by atoms with Crippen LogP contribution in [0.4, 0.5) is 0 Å². The van der Waals surface area contributed by atoms with Crippen molar-refractivity contribution in [2.75, 3.05) is 0 Å². The van der Waals surface area contributed by atoms with E-state index in [-0.39, 0.29) is 0 Å². The van der Waals surface area contributed by atoms with E-state index < -0.39 is 0 Å². The standard InChI is InChI=1S/C45H28N4S/c1-4-14-29(15-5-1)37-28-38(48-44(47-37)32-18-8-3-9-19-32)30-24-26-33(27-25-30)49-39-23-13-11-21-35(39)41-40-34-20-10-12-22-36(34)46-42(43(40)50-45(41)49)31-16-6-2-7-17-31/h1-28H. The predicted octanol–water partition coefficient (Wildman–Crippen LogP) is 12.0. The van der Waals surface area contributed by atoms with Gasteiger partial charge in [0, 0.05) is 49.5 Å². The SMILES string of the molecule is c1ccc(-c2cc(-c3ccc(-n4c5ccccc5c5c6c(sc54)c(-c4ccccc4)nc4ccccc46)cc3)nc(-c3ccccc3)n2)cc1. The van der Waals surface area contributed by atoms with Crippen LogP contribution >= 0.6 is 11.3 Å². The van der Waals surface area contributed by atoms with Crippen molar-refractivity contribution in [2.24, 2.45) is 0 Å². The van der Waals surface area contributed by atoms with E-state index in [0.717, 1.165) is 50.5 Å². The van der Waals surface area contributed by atoms with Gasteiger partial charge in [0.15, 0.2) is 5.82 Å². The Labute approximate surface area is 292 Å². The molecule has 4 heterocycles. The van der Waals surface area contributed by atoms with Crippen LogP contribution in [-0.4, -0.2) is 19.5 Å². The summed E-state index contributed by atoms with van der Waals surface area (Å²) in [6.07, 6.45) is 0. The summed E-state index contributed by atoms with van der Waals surface area (Å²) in [6, 6.07) is 59.2. The molecule has 0 bridgehead atoms. The number of hydrogen-bond donors (Lipinski definition) is 0. The number of hydrogen-bond acceptors (Lipinski definition) is 4. The molecule has 0 saturated carbocycles. The Morgan fingerprint density at radius 1 is 0.440 bits per heavy atom. The molecule has 50 heavy (non-hydrogen) atoms. The lowest BCUT2D eigenvalue weighted by Crippen LogP contribution is -1.96. The zero-order chi connectivity index (χ0) is 33.0. The predicted molar refractivity (Wildman–Crippen MR) is 209 cm³/mol. The van der Waals surface area contributed by atoms with Crippen molar-refractivity contribution in [3.05, 3.63) is 170 Å². The maximum atomic E-state index is 5.22. The molecule has 6 aromatic carbocycles. The van der Waals surface area contributed by atoms with Gasteiger partial charge in [0.1, 0.15) is 4.83 Å². The molecule has 10 rings (SSSR count). The summed E-state index contributed by atoms with van der Waals surface area (Å²) in [7, 11) is 0. The molecule has 0 atom stereocenters. The van der Waals surface area contributed by atoms with Crippen molar-refractivity contribution in [1.29, 1.82) is 0 Å². The summed E-state index contributed by atoms with van der Waals surface area (Å²) in [5.74, 6) is 0.712. The summed E-state index contributed by atoms with van der Waals surface area (Å²) in [5, 5.41) is 4.96. The Hall–Kier alpha value is -6.43. The lowest BCUT2D eigenvalue weighted by molar-refractivity contribution is 1.17. The Bertz CT molecular complexity index is 2780. The molecule has 0 radical (unpaired) electrons. The van der Waals surface area contributed by atoms with Crippen molar-refractivity contribution in [3.8, 4) is 50.8 Å². The number of benzene rings is 6. The first-order valence-corrected chi connectivity index (χ1v) is 17.5. The maximum Gasteiger partial charge on any atom is 0.160 e. The third-order valence-electron chi connectivity index (χ3n) is 9.42. The van der Waals surface area contributed by atoms with Gasteiger partial charge in [-0.05, 0) is 30.3 Å². The number of aromatic nitrogens is 4. The van der Waals surface area contributed by atoms with Crippen LogP contribution in [0.25, 0.3) is 93.0 Å². The number of pyridine rings is 1. The van der Waals surface area contributed by atoms with Crippen molar-refractivity contribution in [1.82, 2.24) is 19.5 Å². The highest BCUT2D eigenvalue weighted by Gasteiger charge is 2.22. The first kappa shape index (κ1) is 28.6. The second-order valence-electron chi connectivity index (χ2n) is 12.4. The molecule has 0 N–H and O–H groups in total. The van der Waals surface area contributed by atoms with Crippen molar-refractivity contribution >= 4 is 53.4 Å². The zero-order valence-corrected chi connectivity index (χ0v) is 27.7. The van der Waals surface area contributed by atoms with Crippen LogP contribution in [0.15, 0.2) is 170 Å². The van der Waals surface area contributed by atoms with Crippen LogP contribution in [0.2, 0.25) is 0 Å². The summed E-state index contributed by atoms with van der Waals surface area (Å²) < 4.78 is 3.62. The van der Waals surface area contributed by atoms with Gasteiger partial charge in [-0.3, -0.25) is 0 Å². The van der Waals surface area contributed by atoms with Crippen LogP contribution in [-0.2, 0) is 0 Å². The molecule has 0 saturated heterocycles. The topological polar surface area (TPSA) is 43.6 Å². The quantitative estimate of drug-likeness (QED) is 0.185. The van der Waals surface area contributed by atoms with Gasteiger partial charge in [0.05, 0.1) is 32.8 Å². The number of fused-ring (bicyclic) bond motifs is 7. The molecule has 0 aliphatic carbocycles. The van der Waals surface area contributed by atoms with E-state index in [1.807, 2.05) is 47.7 Å². The molecule has 0 fully saturated rings. The molecular weight excluding hydrogens is 629 g/mol. The minimum absolute atomic E-state index is 0.712. The highest BCUT2D eigenvalue weighted by molar-refractivity contribution is 7.26. The smallest absolute Gasteiger partial charge is 0.160 e. The van der Waals surface area contributed by atoms with Crippen LogP contribution in [0.1, 0.15) is 0 Å². The molecule has 10 aromatic rings. The molecule has 0 aliphatic heterocycles. The van der Waals surface area contributed by atoms with Crippen molar-refractivity contribution in [2.45, 2.75) is 0 Å². The van der Waals surface area contributed by atoms with Gasteiger partial charge in [0.2, 0.25) is 0 Å². The lowest BCUT2D eigenvalue weighted by atomic mass is 10.0. The van der Waals surface area contributed by atoms with Crippen molar-refractivity contribution in [3.63, 3.8) is 0 Å². The van der Waals surface area contributed by atoms with E-state index in [1.54, 1.807) is 0 Å². The Kier molecular flexibility index (Phi) is 6.64. The fraction of sp³-hybridized carbons (Fsp3) is 0.